The van der Waals surface area contributed by atoms with Gasteiger partial charge >= 0.3 is 0 Å². The molecule has 0 saturated carbocycles. The van der Waals surface area contributed by atoms with Crippen molar-refractivity contribution in [2.75, 3.05) is 28.2 Å². The van der Waals surface area contributed by atoms with Crippen molar-refractivity contribution in [1.29, 1.82) is 0 Å². The molecular formula is C4H18Cl2N4. The molecule has 0 aliphatic carbocycles. The highest BCUT2D eigenvalue weighted by Gasteiger charge is 1.61. The molecule has 0 aromatic rings. The van der Waals surface area contributed by atoms with E-state index in [1.807, 2.05) is 28.2 Å². The summed E-state index contributed by atoms with van der Waals surface area (Å²) < 4.78 is 0. The average molecular weight is 193 g/mol. The van der Waals surface area contributed by atoms with Gasteiger partial charge in [-0.1, -0.05) is 0 Å². The summed E-state index contributed by atoms with van der Waals surface area (Å²) in [6.07, 6.45) is 0. The molecule has 0 aliphatic rings. The fraction of sp³-hybridized carbons (Fsp3) is 1.00. The van der Waals surface area contributed by atoms with Crippen LogP contribution in [0.15, 0.2) is 0 Å². The quantitative estimate of drug-likeness (QED) is 0.228. The number of hydrogen-bond acceptors (Lipinski definition) is 2. The smallest absolute Gasteiger partial charge is 0.0837 e. The molecule has 68 valence electrons. The molecule has 0 aliphatic heterocycles. The van der Waals surface area contributed by atoms with Crippen molar-refractivity contribution in [3.05, 3.63) is 0 Å². The average Bonchev–Trinajstić information content (AvgIpc) is 1.25. The topological polar surface area (TPSA) is 60.9 Å². The SMILES string of the molecule is C[NH+](C)N.C[NH+](C)N.[Cl-].[Cl-]. The van der Waals surface area contributed by atoms with E-state index in [4.69, 9.17) is 11.7 Å². The minimum absolute atomic E-state index is 0. The fourth-order valence-corrected chi connectivity index (χ4v) is 0. The van der Waals surface area contributed by atoms with Crippen molar-refractivity contribution >= 4 is 0 Å². The number of nitrogens with two attached hydrogens (primary N) is 2. The van der Waals surface area contributed by atoms with Crippen LogP contribution in [-0.4, -0.2) is 28.2 Å². The molecule has 0 fully saturated rings. The van der Waals surface area contributed by atoms with Gasteiger partial charge in [0.05, 0.1) is 28.2 Å². The normalized spacial score (nSPS) is 7.20. The summed E-state index contributed by atoms with van der Waals surface area (Å²) in [4.78, 5) is 0. The highest BCUT2D eigenvalue weighted by atomic mass is 35.5. The first-order valence-electron chi connectivity index (χ1n) is 2.58. The fourth-order valence-electron chi connectivity index (χ4n) is 0. The van der Waals surface area contributed by atoms with Gasteiger partial charge in [-0.2, -0.15) is 11.7 Å². The maximum absolute atomic E-state index is 5.03. The van der Waals surface area contributed by atoms with Gasteiger partial charge in [-0.3, -0.25) is 10.0 Å². The maximum atomic E-state index is 5.03. The highest BCUT2D eigenvalue weighted by molar-refractivity contribution is 3.50. The zero-order valence-electron chi connectivity index (χ0n) is 6.91. The molecule has 6 N–H and O–H groups in total. The van der Waals surface area contributed by atoms with E-state index < -0.39 is 0 Å². The van der Waals surface area contributed by atoms with Crippen molar-refractivity contribution in [2.24, 2.45) is 11.7 Å². The number of quaternary nitrogens is 2. The van der Waals surface area contributed by atoms with Gasteiger partial charge in [0, 0.05) is 0 Å². The summed E-state index contributed by atoms with van der Waals surface area (Å²) in [5.41, 5.74) is 0. The van der Waals surface area contributed by atoms with Gasteiger partial charge in [0.2, 0.25) is 0 Å². The van der Waals surface area contributed by atoms with E-state index in [0.29, 0.717) is 0 Å². The van der Waals surface area contributed by atoms with E-state index in [1.165, 1.54) is 0 Å². The van der Waals surface area contributed by atoms with Gasteiger partial charge in [-0.05, 0) is 0 Å². The summed E-state index contributed by atoms with van der Waals surface area (Å²) in [6, 6.07) is 0. The molecule has 0 spiro atoms. The van der Waals surface area contributed by atoms with Crippen LogP contribution < -0.4 is 46.5 Å². The predicted octanol–water partition coefficient (Wildman–Crippen LogP) is -9.98. The third kappa shape index (κ3) is 2630. The third-order valence-electron chi connectivity index (χ3n) is 0. The molecule has 0 atom stereocenters. The van der Waals surface area contributed by atoms with E-state index in [0.717, 1.165) is 10.0 Å². The monoisotopic (exact) mass is 192 g/mol. The minimum Gasteiger partial charge on any atom is -1.00 e. The Bertz CT molecular complexity index is 30.7. The molecule has 0 amide bonds. The molecule has 0 aromatic heterocycles. The maximum Gasteiger partial charge on any atom is 0.0837 e. The van der Waals surface area contributed by atoms with Crippen LogP contribution in [0, 0.1) is 0 Å². The second-order valence-electron chi connectivity index (χ2n) is 2.15. The lowest BCUT2D eigenvalue weighted by atomic mass is 11.2. The first-order valence-corrected chi connectivity index (χ1v) is 2.58. The zero-order chi connectivity index (χ0) is 7.15. The molecule has 0 radical (unpaired) electrons. The van der Waals surface area contributed by atoms with Gasteiger partial charge in [0.1, 0.15) is 0 Å². The van der Waals surface area contributed by atoms with Crippen LogP contribution in [-0.2, 0) is 0 Å². The molecule has 10 heavy (non-hydrogen) atoms. The summed E-state index contributed by atoms with van der Waals surface area (Å²) in [5, 5.41) is 1.83. The summed E-state index contributed by atoms with van der Waals surface area (Å²) >= 11 is 0. The first kappa shape index (κ1) is 22.4. The summed E-state index contributed by atoms with van der Waals surface area (Å²) in [6.45, 7) is 0. The largest absolute Gasteiger partial charge is 1.00 e. The Morgan fingerprint density at radius 3 is 0.700 bits per heavy atom. The lowest BCUT2D eigenvalue weighted by Gasteiger charge is -1.88. The Morgan fingerprint density at radius 1 is 0.700 bits per heavy atom. The molecule has 0 unspecified atom stereocenters. The Labute approximate surface area is 75.3 Å². The third-order valence-corrected chi connectivity index (χ3v) is 0. The number of hydrogen-bond donors (Lipinski definition) is 4. The highest BCUT2D eigenvalue weighted by Crippen LogP contribution is 0.745. The number of halogens is 2. The second kappa shape index (κ2) is 16.2. The molecule has 4 nitrogen and oxygen atoms in total. The lowest BCUT2D eigenvalue weighted by molar-refractivity contribution is -0.871. The van der Waals surface area contributed by atoms with Crippen molar-refractivity contribution in [3.63, 3.8) is 0 Å². The Kier molecular flexibility index (Phi) is 36.4. The molecule has 0 rings (SSSR count). The molecule has 0 bridgehead atoms. The van der Waals surface area contributed by atoms with E-state index in [2.05, 4.69) is 0 Å². The molecule has 6 heteroatoms. The number of rotatable bonds is 0. The zero-order valence-corrected chi connectivity index (χ0v) is 8.42. The lowest BCUT2D eigenvalue weighted by Crippen LogP contribution is -3.11. The van der Waals surface area contributed by atoms with Crippen LogP contribution >= 0.6 is 0 Å². The van der Waals surface area contributed by atoms with Crippen LogP contribution in [0.25, 0.3) is 0 Å². The van der Waals surface area contributed by atoms with E-state index in [9.17, 15) is 0 Å². The second-order valence-corrected chi connectivity index (χ2v) is 2.15. The standard InChI is InChI=1S/2C2H8N2.2ClH/c2*1-4(2)3;;/h2*3H2,1-2H3;2*1H. The molecular weight excluding hydrogens is 175 g/mol. The van der Waals surface area contributed by atoms with Gasteiger partial charge in [0.15, 0.2) is 0 Å². The Hall–Kier alpha value is 0.420. The van der Waals surface area contributed by atoms with Gasteiger partial charge in [-0.15, -0.1) is 0 Å². The Balaban J connectivity index is -0.0000000300. The van der Waals surface area contributed by atoms with E-state index in [1.54, 1.807) is 0 Å². The molecule has 0 saturated heterocycles. The Morgan fingerprint density at radius 2 is 0.700 bits per heavy atom. The van der Waals surface area contributed by atoms with Crippen LogP contribution in [0.5, 0.6) is 0 Å². The summed E-state index contributed by atoms with van der Waals surface area (Å²) in [5.74, 6) is 10.1. The van der Waals surface area contributed by atoms with E-state index in [-0.39, 0.29) is 24.8 Å². The van der Waals surface area contributed by atoms with Crippen molar-refractivity contribution in [2.45, 2.75) is 0 Å². The van der Waals surface area contributed by atoms with Crippen LogP contribution in [0.2, 0.25) is 0 Å². The minimum atomic E-state index is 0. The van der Waals surface area contributed by atoms with Crippen molar-refractivity contribution in [1.82, 2.24) is 0 Å². The predicted molar refractivity (Wildman–Crippen MR) is 34.0 cm³/mol. The molecule has 0 aromatic carbocycles. The van der Waals surface area contributed by atoms with Crippen molar-refractivity contribution < 1.29 is 34.8 Å². The van der Waals surface area contributed by atoms with Gasteiger partial charge in [0.25, 0.3) is 0 Å². The number of nitrogens with one attached hydrogen (secondary N) is 2. The van der Waals surface area contributed by atoms with E-state index >= 15 is 0 Å². The molecule has 0 heterocycles. The van der Waals surface area contributed by atoms with Gasteiger partial charge in [-0.25, -0.2) is 0 Å². The first-order chi connectivity index (χ1) is 3.46. The summed E-state index contributed by atoms with van der Waals surface area (Å²) in [7, 11) is 7.44. The van der Waals surface area contributed by atoms with Crippen LogP contribution in [0.4, 0.5) is 0 Å². The van der Waals surface area contributed by atoms with Gasteiger partial charge < -0.3 is 24.8 Å². The van der Waals surface area contributed by atoms with Crippen molar-refractivity contribution in [3.8, 4) is 0 Å². The van der Waals surface area contributed by atoms with Crippen LogP contribution in [0.1, 0.15) is 0 Å². The van der Waals surface area contributed by atoms with Crippen LogP contribution in [0.3, 0.4) is 0 Å².